The van der Waals surface area contributed by atoms with E-state index < -0.39 is 9.84 Å². The van der Waals surface area contributed by atoms with Crippen LogP contribution in [0.2, 0.25) is 0 Å². The summed E-state index contributed by atoms with van der Waals surface area (Å²) in [7, 11) is -2.89. The summed E-state index contributed by atoms with van der Waals surface area (Å²) in [5, 5.41) is 0.491. The Morgan fingerprint density at radius 2 is 1.96 bits per heavy atom. The van der Waals surface area contributed by atoms with Gasteiger partial charge in [0.1, 0.15) is 5.82 Å². The Labute approximate surface area is 149 Å². The molecule has 0 aliphatic carbocycles. The lowest BCUT2D eigenvalue weighted by Gasteiger charge is -2.37. The average Bonchev–Trinajstić information content (AvgIpc) is 3.18. The summed E-state index contributed by atoms with van der Waals surface area (Å²) < 4.78 is 37.9. The van der Waals surface area contributed by atoms with Crippen molar-refractivity contribution in [3.05, 3.63) is 35.0 Å². The third kappa shape index (κ3) is 3.30. The summed E-state index contributed by atoms with van der Waals surface area (Å²) in [5.74, 6) is 0.125. The second-order valence-corrected chi connectivity index (χ2v) is 9.96. The van der Waals surface area contributed by atoms with Crippen LogP contribution in [0.1, 0.15) is 16.1 Å². The van der Waals surface area contributed by atoms with Gasteiger partial charge in [0.25, 0.3) is 5.91 Å². The van der Waals surface area contributed by atoms with Crippen LogP contribution in [0.15, 0.2) is 24.3 Å². The lowest BCUT2D eigenvalue weighted by molar-refractivity contribution is 0.0592. The Morgan fingerprint density at radius 3 is 2.60 bits per heavy atom. The van der Waals surface area contributed by atoms with Crippen molar-refractivity contribution in [2.75, 3.05) is 37.7 Å². The fraction of sp³-hybridized carbons (Fsp3) is 0.471. The van der Waals surface area contributed by atoms with Crippen LogP contribution in [0, 0.1) is 5.82 Å². The molecule has 0 spiro atoms. The van der Waals surface area contributed by atoms with Crippen molar-refractivity contribution in [1.82, 2.24) is 9.80 Å². The highest BCUT2D eigenvalue weighted by molar-refractivity contribution is 7.91. The van der Waals surface area contributed by atoms with Crippen molar-refractivity contribution >= 4 is 37.2 Å². The zero-order valence-electron chi connectivity index (χ0n) is 13.7. The van der Waals surface area contributed by atoms with E-state index in [0.29, 0.717) is 42.9 Å². The number of halogens is 1. The number of rotatable bonds is 2. The highest BCUT2D eigenvalue weighted by Gasteiger charge is 2.34. The van der Waals surface area contributed by atoms with Crippen LogP contribution in [-0.4, -0.2) is 67.9 Å². The predicted molar refractivity (Wildman–Crippen MR) is 96.3 cm³/mol. The number of hydrogen-bond acceptors (Lipinski definition) is 5. The molecule has 3 heterocycles. The topological polar surface area (TPSA) is 57.7 Å². The smallest absolute Gasteiger partial charge is 0.264 e. The van der Waals surface area contributed by atoms with Gasteiger partial charge in [-0.2, -0.15) is 0 Å². The van der Waals surface area contributed by atoms with Crippen molar-refractivity contribution in [2.24, 2.45) is 0 Å². The third-order valence-corrected chi connectivity index (χ3v) is 7.88. The molecule has 25 heavy (non-hydrogen) atoms. The zero-order valence-corrected chi connectivity index (χ0v) is 15.3. The molecule has 2 aliphatic heterocycles. The fourth-order valence-electron chi connectivity index (χ4n) is 3.64. The first-order chi connectivity index (χ1) is 11.9. The van der Waals surface area contributed by atoms with Gasteiger partial charge in [-0.1, -0.05) is 6.07 Å². The average molecular weight is 382 g/mol. The molecule has 0 bridgehead atoms. The Morgan fingerprint density at radius 1 is 1.20 bits per heavy atom. The zero-order chi connectivity index (χ0) is 17.6. The number of benzene rings is 1. The minimum atomic E-state index is -2.89. The highest BCUT2D eigenvalue weighted by atomic mass is 32.2. The number of fused-ring (bicyclic) bond motifs is 1. The minimum absolute atomic E-state index is 0.0701. The molecule has 1 unspecified atom stereocenters. The maximum Gasteiger partial charge on any atom is 0.264 e. The first-order valence-corrected chi connectivity index (χ1v) is 11.0. The number of nitrogens with zero attached hydrogens (tertiary/aromatic N) is 2. The van der Waals surface area contributed by atoms with Crippen LogP contribution in [0.3, 0.4) is 0 Å². The number of hydrogen-bond donors (Lipinski definition) is 0. The van der Waals surface area contributed by atoms with Crippen LogP contribution in [0.4, 0.5) is 4.39 Å². The van der Waals surface area contributed by atoms with E-state index in [2.05, 4.69) is 4.90 Å². The van der Waals surface area contributed by atoms with Crippen LogP contribution < -0.4 is 0 Å². The molecular formula is C17H19FN2O3S2. The molecule has 1 amide bonds. The molecule has 1 aromatic carbocycles. The third-order valence-electron chi connectivity index (χ3n) is 5.05. The summed E-state index contributed by atoms with van der Waals surface area (Å²) in [4.78, 5) is 17.2. The standard InChI is InChI=1S/C17H19FN2O3S2/c18-14-2-1-3-15-13(14)10-16(24-15)17(21)20-7-5-19(6-8-20)12-4-9-25(22,23)11-12/h1-3,10,12H,4-9,11H2. The van der Waals surface area contributed by atoms with Gasteiger partial charge in [0.15, 0.2) is 9.84 Å². The van der Waals surface area contributed by atoms with Gasteiger partial charge >= 0.3 is 0 Å². The van der Waals surface area contributed by atoms with Crippen molar-refractivity contribution in [1.29, 1.82) is 0 Å². The number of amides is 1. The van der Waals surface area contributed by atoms with Crippen molar-refractivity contribution in [3.63, 3.8) is 0 Å². The highest BCUT2D eigenvalue weighted by Crippen LogP contribution is 2.29. The molecule has 0 radical (unpaired) electrons. The molecule has 2 aromatic rings. The number of thiophene rings is 1. The Kier molecular flexibility index (Phi) is 4.29. The van der Waals surface area contributed by atoms with Gasteiger partial charge in [-0.15, -0.1) is 11.3 Å². The largest absolute Gasteiger partial charge is 0.335 e. The van der Waals surface area contributed by atoms with Gasteiger partial charge in [-0.25, -0.2) is 12.8 Å². The summed E-state index contributed by atoms with van der Waals surface area (Å²) in [5.41, 5.74) is 0. The van der Waals surface area contributed by atoms with Crippen LogP contribution >= 0.6 is 11.3 Å². The monoisotopic (exact) mass is 382 g/mol. The lowest BCUT2D eigenvalue weighted by atomic mass is 10.2. The number of carbonyl (C=O) groups excluding carboxylic acids is 1. The molecule has 2 fully saturated rings. The van der Waals surface area contributed by atoms with Gasteiger partial charge in [0.05, 0.1) is 16.4 Å². The number of carbonyl (C=O) groups is 1. The van der Waals surface area contributed by atoms with Crippen molar-refractivity contribution in [3.8, 4) is 0 Å². The van der Waals surface area contributed by atoms with E-state index >= 15 is 0 Å². The molecule has 0 N–H and O–H groups in total. The van der Waals surface area contributed by atoms with Crippen LogP contribution in [0.25, 0.3) is 10.1 Å². The molecule has 5 nitrogen and oxygen atoms in total. The second kappa shape index (κ2) is 6.34. The Balaban J connectivity index is 1.43. The van der Waals surface area contributed by atoms with Gasteiger partial charge in [-0.05, 0) is 24.6 Å². The van der Waals surface area contributed by atoms with Gasteiger partial charge < -0.3 is 4.90 Å². The number of sulfone groups is 1. The Bertz CT molecular complexity index is 917. The molecule has 8 heteroatoms. The van der Waals surface area contributed by atoms with Gasteiger partial charge in [0.2, 0.25) is 0 Å². The quantitative estimate of drug-likeness (QED) is 0.797. The molecular weight excluding hydrogens is 363 g/mol. The maximum absolute atomic E-state index is 13.8. The first kappa shape index (κ1) is 16.9. The summed E-state index contributed by atoms with van der Waals surface area (Å²) in [6, 6.07) is 6.58. The van der Waals surface area contributed by atoms with Gasteiger partial charge in [-0.3, -0.25) is 9.69 Å². The molecule has 2 aliphatic rings. The SMILES string of the molecule is O=C(c1cc2c(F)cccc2s1)N1CCN(C2CCS(=O)(=O)C2)CC1. The molecule has 1 aromatic heterocycles. The molecule has 4 rings (SSSR count). The summed E-state index contributed by atoms with van der Waals surface area (Å²) in [6.07, 6.45) is 0.686. The van der Waals surface area contributed by atoms with E-state index in [1.165, 1.54) is 17.4 Å². The number of piperazine rings is 1. The summed E-state index contributed by atoms with van der Waals surface area (Å²) in [6.45, 7) is 2.52. The minimum Gasteiger partial charge on any atom is -0.335 e. The summed E-state index contributed by atoms with van der Waals surface area (Å²) >= 11 is 1.31. The van der Waals surface area contributed by atoms with Crippen LogP contribution in [-0.2, 0) is 9.84 Å². The van der Waals surface area contributed by atoms with Gasteiger partial charge in [0, 0.05) is 42.3 Å². The Hall–Kier alpha value is -1.51. The van der Waals surface area contributed by atoms with Crippen molar-refractivity contribution in [2.45, 2.75) is 12.5 Å². The molecule has 2 saturated heterocycles. The van der Waals surface area contributed by atoms with E-state index in [9.17, 15) is 17.6 Å². The molecule has 0 saturated carbocycles. The normalized spacial score (nSPS) is 24.0. The fourth-order valence-corrected chi connectivity index (χ4v) is 6.44. The van der Waals surface area contributed by atoms with Crippen molar-refractivity contribution < 1.29 is 17.6 Å². The maximum atomic E-state index is 13.8. The van der Waals surface area contributed by atoms with E-state index in [0.717, 1.165) is 4.70 Å². The predicted octanol–water partition coefficient (Wildman–Crippen LogP) is 1.99. The van der Waals surface area contributed by atoms with E-state index in [1.54, 1.807) is 17.0 Å². The molecule has 134 valence electrons. The van der Waals surface area contributed by atoms with Crippen LogP contribution in [0.5, 0.6) is 0 Å². The first-order valence-electron chi connectivity index (χ1n) is 8.35. The van der Waals surface area contributed by atoms with E-state index in [4.69, 9.17) is 0 Å². The second-order valence-electron chi connectivity index (χ2n) is 6.65. The van der Waals surface area contributed by atoms with E-state index in [-0.39, 0.29) is 29.3 Å². The molecule has 1 atom stereocenters. The lowest BCUT2D eigenvalue weighted by Crippen LogP contribution is -2.52. The van der Waals surface area contributed by atoms with E-state index in [1.807, 2.05) is 6.07 Å².